The molecule has 0 aliphatic heterocycles. The van der Waals surface area contributed by atoms with Crippen LogP contribution in [-0.4, -0.2) is 25.4 Å². The molecule has 2 aromatic heterocycles. The van der Waals surface area contributed by atoms with Crippen molar-refractivity contribution in [1.29, 1.82) is 0 Å². The number of aryl methyl sites for hydroxylation is 2. The van der Waals surface area contributed by atoms with E-state index in [2.05, 4.69) is 20.3 Å². The molecule has 4 rings (SSSR count). The number of hydrogen-bond donors (Lipinski definition) is 1. The summed E-state index contributed by atoms with van der Waals surface area (Å²) in [5.41, 5.74) is 3.69. The van der Waals surface area contributed by atoms with Crippen LogP contribution >= 0.6 is 11.8 Å². The number of hydrogen-bond acceptors (Lipinski definition) is 5. The molecule has 29 heavy (non-hydrogen) atoms. The molecule has 8 heteroatoms. The van der Waals surface area contributed by atoms with Crippen molar-refractivity contribution >= 4 is 34.4 Å². The van der Waals surface area contributed by atoms with Gasteiger partial charge in [-0.1, -0.05) is 11.8 Å². The van der Waals surface area contributed by atoms with E-state index in [1.165, 1.54) is 36.0 Å². The molecular weight excluding hydrogens is 389 g/mol. The molecule has 2 aromatic carbocycles. The molecule has 0 bridgehead atoms. The molecule has 1 N–H and O–H groups in total. The molecule has 0 radical (unpaired) electrons. The Morgan fingerprint density at radius 1 is 1.14 bits per heavy atom. The van der Waals surface area contributed by atoms with Gasteiger partial charge in [0, 0.05) is 30.2 Å². The van der Waals surface area contributed by atoms with Crippen molar-refractivity contribution in [3.63, 3.8) is 0 Å². The molecule has 0 aliphatic rings. The van der Waals surface area contributed by atoms with E-state index in [1.54, 1.807) is 6.20 Å². The molecule has 0 fully saturated rings. The Kier molecular flexibility index (Phi) is 5.26. The van der Waals surface area contributed by atoms with E-state index in [0.29, 0.717) is 22.2 Å². The second kappa shape index (κ2) is 8.00. The second-order valence-electron chi connectivity index (χ2n) is 6.52. The molecule has 0 aliphatic carbocycles. The molecule has 0 unspecified atom stereocenters. The van der Waals surface area contributed by atoms with Gasteiger partial charge in [-0.15, -0.1) is 0 Å². The summed E-state index contributed by atoms with van der Waals surface area (Å²) in [4.78, 5) is 25.7. The van der Waals surface area contributed by atoms with E-state index in [-0.39, 0.29) is 11.7 Å². The van der Waals surface area contributed by atoms with Crippen LogP contribution in [-0.2, 0) is 12.8 Å². The van der Waals surface area contributed by atoms with E-state index in [9.17, 15) is 9.18 Å². The predicted octanol–water partition coefficient (Wildman–Crippen LogP) is 4.36. The molecule has 0 saturated heterocycles. The number of carbonyl (C=O) groups is 1. The third kappa shape index (κ3) is 4.27. The number of nitrogens with zero attached hydrogens (tertiary/aromatic N) is 4. The minimum Gasteiger partial charge on any atom is -0.330 e. The number of imidazole rings is 1. The highest BCUT2D eigenvalue weighted by Crippen LogP contribution is 2.24. The summed E-state index contributed by atoms with van der Waals surface area (Å²) in [5, 5.41) is 3.54. The smallest absolute Gasteiger partial charge is 0.255 e. The molecule has 6 nitrogen and oxygen atoms in total. The largest absolute Gasteiger partial charge is 0.330 e. The summed E-state index contributed by atoms with van der Waals surface area (Å²) >= 11 is 1.52. The van der Waals surface area contributed by atoms with Crippen LogP contribution in [0.3, 0.4) is 0 Å². The fourth-order valence-corrected chi connectivity index (χ4v) is 3.75. The van der Waals surface area contributed by atoms with E-state index in [0.717, 1.165) is 22.6 Å². The Morgan fingerprint density at radius 2 is 1.93 bits per heavy atom. The first kappa shape index (κ1) is 19.1. The van der Waals surface area contributed by atoms with Gasteiger partial charge in [-0.2, -0.15) is 0 Å². The lowest BCUT2D eigenvalue weighted by Crippen LogP contribution is -2.11. The molecule has 0 saturated carbocycles. The quantitative estimate of drug-likeness (QED) is 0.393. The first-order chi connectivity index (χ1) is 14.0. The zero-order valence-electron chi connectivity index (χ0n) is 15.9. The van der Waals surface area contributed by atoms with Crippen molar-refractivity contribution in [3.8, 4) is 0 Å². The predicted molar refractivity (Wildman–Crippen MR) is 111 cm³/mol. The van der Waals surface area contributed by atoms with Crippen LogP contribution in [0.2, 0.25) is 0 Å². The summed E-state index contributed by atoms with van der Waals surface area (Å²) in [6.45, 7) is 1.93. The zero-order chi connectivity index (χ0) is 20.4. The number of thioether (sulfide) groups is 1. The number of nitrogens with one attached hydrogen (secondary N) is 1. The number of anilines is 1. The molecule has 2 heterocycles. The summed E-state index contributed by atoms with van der Waals surface area (Å²) in [5.74, 6) is 0.842. The first-order valence-electron chi connectivity index (χ1n) is 8.94. The highest BCUT2D eigenvalue weighted by atomic mass is 32.2. The average molecular weight is 407 g/mol. The maximum atomic E-state index is 13.0. The summed E-state index contributed by atoms with van der Waals surface area (Å²) in [6.07, 6.45) is 1.75. The average Bonchev–Trinajstić information content (AvgIpc) is 3.02. The van der Waals surface area contributed by atoms with Gasteiger partial charge in [-0.25, -0.2) is 19.3 Å². The summed E-state index contributed by atoms with van der Waals surface area (Å²) in [6, 6.07) is 12.9. The van der Waals surface area contributed by atoms with Gasteiger partial charge >= 0.3 is 0 Å². The van der Waals surface area contributed by atoms with Crippen molar-refractivity contribution in [2.75, 3.05) is 5.32 Å². The van der Waals surface area contributed by atoms with Gasteiger partial charge in [0.15, 0.2) is 5.16 Å². The Balaban J connectivity index is 1.52. The van der Waals surface area contributed by atoms with Gasteiger partial charge in [0.2, 0.25) is 0 Å². The number of amides is 1. The first-order valence-corrected chi connectivity index (χ1v) is 9.93. The third-order valence-electron chi connectivity index (χ3n) is 4.44. The molecule has 4 aromatic rings. The standard InChI is InChI=1S/C21H18FN5OS/c1-13-9-10-23-21(24-13)29-12-19-26-17-11-16(7-8-18(17)27(19)2)25-20(28)14-3-5-15(22)6-4-14/h3-11H,12H2,1-2H3,(H,25,28). The molecule has 146 valence electrons. The normalized spacial score (nSPS) is 11.0. The topological polar surface area (TPSA) is 72.7 Å². The van der Waals surface area contributed by atoms with Crippen molar-refractivity contribution < 1.29 is 9.18 Å². The maximum absolute atomic E-state index is 13.0. The number of carbonyl (C=O) groups excluding carboxylic acids is 1. The summed E-state index contributed by atoms with van der Waals surface area (Å²) < 4.78 is 15.0. The number of benzene rings is 2. The van der Waals surface area contributed by atoms with E-state index in [1.807, 2.05) is 42.8 Å². The number of rotatable bonds is 5. The van der Waals surface area contributed by atoms with Crippen LogP contribution in [0.15, 0.2) is 59.9 Å². The third-order valence-corrected chi connectivity index (χ3v) is 5.30. The van der Waals surface area contributed by atoms with E-state index >= 15 is 0 Å². The summed E-state index contributed by atoms with van der Waals surface area (Å²) in [7, 11) is 1.96. The van der Waals surface area contributed by atoms with Gasteiger partial charge in [0.1, 0.15) is 11.6 Å². The van der Waals surface area contributed by atoms with Crippen LogP contribution in [0.25, 0.3) is 11.0 Å². The lowest BCUT2D eigenvalue weighted by molar-refractivity contribution is 0.102. The van der Waals surface area contributed by atoms with Gasteiger partial charge in [-0.05, 0) is 55.5 Å². The zero-order valence-corrected chi connectivity index (χ0v) is 16.7. The lowest BCUT2D eigenvalue weighted by Gasteiger charge is -2.05. The van der Waals surface area contributed by atoms with Crippen LogP contribution in [0.1, 0.15) is 21.9 Å². The molecule has 1 amide bonds. The van der Waals surface area contributed by atoms with Gasteiger partial charge in [-0.3, -0.25) is 4.79 Å². The van der Waals surface area contributed by atoms with Crippen LogP contribution < -0.4 is 5.32 Å². The highest BCUT2D eigenvalue weighted by Gasteiger charge is 2.12. The minimum absolute atomic E-state index is 0.298. The van der Waals surface area contributed by atoms with Crippen molar-refractivity contribution in [2.24, 2.45) is 7.05 Å². The van der Waals surface area contributed by atoms with Gasteiger partial charge < -0.3 is 9.88 Å². The number of halogens is 1. The monoisotopic (exact) mass is 407 g/mol. The fraction of sp³-hybridized carbons (Fsp3) is 0.143. The van der Waals surface area contributed by atoms with E-state index < -0.39 is 0 Å². The Labute approximate surface area is 171 Å². The highest BCUT2D eigenvalue weighted by molar-refractivity contribution is 7.98. The Morgan fingerprint density at radius 3 is 2.69 bits per heavy atom. The van der Waals surface area contributed by atoms with Crippen molar-refractivity contribution in [1.82, 2.24) is 19.5 Å². The maximum Gasteiger partial charge on any atom is 0.255 e. The van der Waals surface area contributed by atoms with Gasteiger partial charge in [0.25, 0.3) is 5.91 Å². The van der Waals surface area contributed by atoms with Crippen LogP contribution in [0.4, 0.5) is 10.1 Å². The number of aromatic nitrogens is 4. The molecule has 0 spiro atoms. The van der Waals surface area contributed by atoms with Crippen molar-refractivity contribution in [2.45, 2.75) is 17.8 Å². The lowest BCUT2D eigenvalue weighted by atomic mass is 10.2. The second-order valence-corrected chi connectivity index (χ2v) is 7.46. The molecular formula is C21H18FN5OS. The minimum atomic E-state index is -0.377. The fourth-order valence-electron chi connectivity index (χ4n) is 2.89. The van der Waals surface area contributed by atoms with Crippen LogP contribution in [0, 0.1) is 12.7 Å². The Bertz CT molecular complexity index is 1190. The SMILES string of the molecule is Cc1ccnc(SCc2nc3cc(NC(=O)c4ccc(F)cc4)ccc3n2C)n1. The number of fused-ring (bicyclic) bond motifs is 1. The molecule has 0 atom stereocenters. The van der Waals surface area contributed by atoms with E-state index in [4.69, 9.17) is 0 Å². The van der Waals surface area contributed by atoms with Crippen molar-refractivity contribution in [3.05, 3.63) is 77.6 Å². The Hall–Kier alpha value is -3.26. The van der Waals surface area contributed by atoms with Crippen LogP contribution in [0.5, 0.6) is 0 Å². The van der Waals surface area contributed by atoms with Gasteiger partial charge in [0.05, 0.1) is 16.8 Å².